The van der Waals surface area contributed by atoms with E-state index in [0.717, 1.165) is 13.2 Å². The first-order valence-corrected chi connectivity index (χ1v) is 6.30. The molecule has 1 heterocycles. The SMILES string of the molecule is Cc1cccc(CN)c1N1CC(C)OCC1C. The molecule has 1 aliphatic rings. The summed E-state index contributed by atoms with van der Waals surface area (Å²) in [5, 5.41) is 0. The molecule has 1 aromatic rings. The van der Waals surface area contributed by atoms with E-state index in [1.54, 1.807) is 0 Å². The third-order valence-corrected chi connectivity index (χ3v) is 3.44. The summed E-state index contributed by atoms with van der Waals surface area (Å²) in [6.45, 7) is 8.81. The number of benzene rings is 1. The summed E-state index contributed by atoms with van der Waals surface area (Å²) in [7, 11) is 0. The lowest BCUT2D eigenvalue weighted by Crippen LogP contribution is -2.48. The molecule has 3 nitrogen and oxygen atoms in total. The van der Waals surface area contributed by atoms with E-state index in [-0.39, 0.29) is 6.10 Å². The Balaban J connectivity index is 2.37. The van der Waals surface area contributed by atoms with Crippen LogP contribution in [0.5, 0.6) is 0 Å². The van der Waals surface area contributed by atoms with Crippen LogP contribution in [0.15, 0.2) is 18.2 Å². The van der Waals surface area contributed by atoms with E-state index in [1.165, 1.54) is 16.8 Å². The molecule has 1 aromatic carbocycles. The average molecular weight is 234 g/mol. The molecule has 2 rings (SSSR count). The molecule has 1 saturated heterocycles. The highest BCUT2D eigenvalue weighted by Gasteiger charge is 2.25. The van der Waals surface area contributed by atoms with Crippen molar-refractivity contribution >= 4 is 5.69 Å². The van der Waals surface area contributed by atoms with E-state index in [1.807, 2.05) is 0 Å². The first-order valence-electron chi connectivity index (χ1n) is 6.30. The third kappa shape index (κ3) is 2.45. The molecule has 0 aromatic heterocycles. The van der Waals surface area contributed by atoms with Gasteiger partial charge in [0.05, 0.1) is 12.7 Å². The largest absolute Gasteiger partial charge is 0.375 e. The zero-order valence-electron chi connectivity index (χ0n) is 10.9. The Bertz CT molecular complexity index is 392. The van der Waals surface area contributed by atoms with Crippen molar-refractivity contribution in [3.63, 3.8) is 0 Å². The predicted molar refractivity (Wildman–Crippen MR) is 71.3 cm³/mol. The number of para-hydroxylation sites is 1. The zero-order valence-corrected chi connectivity index (χ0v) is 10.9. The van der Waals surface area contributed by atoms with Gasteiger partial charge in [-0.3, -0.25) is 0 Å². The molecule has 0 amide bonds. The Morgan fingerprint density at radius 3 is 2.88 bits per heavy atom. The van der Waals surface area contributed by atoms with Gasteiger partial charge in [0.1, 0.15) is 0 Å². The van der Waals surface area contributed by atoms with Crippen LogP contribution < -0.4 is 10.6 Å². The molecule has 17 heavy (non-hydrogen) atoms. The van der Waals surface area contributed by atoms with Crippen LogP contribution in [0.4, 0.5) is 5.69 Å². The lowest BCUT2D eigenvalue weighted by molar-refractivity contribution is 0.0343. The van der Waals surface area contributed by atoms with Crippen LogP contribution in [0.25, 0.3) is 0 Å². The van der Waals surface area contributed by atoms with Gasteiger partial charge < -0.3 is 15.4 Å². The van der Waals surface area contributed by atoms with Crippen molar-refractivity contribution in [2.24, 2.45) is 5.73 Å². The Morgan fingerprint density at radius 2 is 2.18 bits per heavy atom. The van der Waals surface area contributed by atoms with Crippen LogP contribution in [-0.2, 0) is 11.3 Å². The smallest absolute Gasteiger partial charge is 0.0723 e. The Morgan fingerprint density at radius 1 is 1.41 bits per heavy atom. The molecule has 0 saturated carbocycles. The second kappa shape index (κ2) is 5.07. The monoisotopic (exact) mass is 234 g/mol. The number of aryl methyl sites for hydroxylation is 1. The average Bonchev–Trinajstić information content (AvgIpc) is 2.32. The first kappa shape index (κ1) is 12.4. The standard InChI is InChI=1S/C14H22N2O/c1-10-5-4-6-13(7-15)14(10)16-8-12(3)17-9-11(16)2/h4-6,11-12H,7-9,15H2,1-3H3. The van der Waals surface area contributed by atoms with Crippen LogP contribution >= 0.6 is 0 Å². The topological polar surface area (TPSA) is 38.5 Å². The molecule has 0 bridgehead atoms. The summed E-state index contributed by atoms with van der Waals surface area (Å²) in [5.74, 6) is 0. The Hall–Kier alpha value is -1.06. The minimum absolute atomic E-state index is 0.288. The molecule has 0 radical (unpaired) electrons. The van der Waals surface area contributed by atoms with Gasteiger partial charge in [-0.1, -0.05) is 18.2 Å². The Labute approximate surface area is 104 Å². The number of rotatable bonds is 2. The summed E-state index contributed by atoms with van der Waals surface area (Å²) in [5.41, 5.74) is 9.68. The quantitative estimate of drug-likeness (QED) is 0.851. The Kier molecular flexibility index (Phi) is 3.69. The molecular formula is C14H22N2O. The second-order valence-electron chi connectivity index (χ2n) is 4.93. The van der Waals surface area contributed by atoms with Gasteiger partial charge in [0.25, 0.3) is 0 Å². The minimum atomic E-state index is 0.288. The van der Waals surface area contributed by atoms with Crippen molar-refractivity contribution in [2.75, 3.05) is 18.1 Å². The van der Waals surface area contributed by atoms with Crippen LogP contribution in [0.2, 0.25) is 0 Å². The molecule has 1 aliphatic heterocycles. The number of hydrogen-bond acceptors (Lipinski definition) is 3. The highest BCUT2D eigenvalue weighted by Crippen LogP contribution is 2.29. The number of nitrogens with zero attached hydrogens (tertiary/aromatic N) is 1. The molecule has 2 unspecified atom stereocenters. The lowest BCUT2D eigenvalue weighted by Gasteiger charge is -2.40. The zero-order chi connectivity index (χ0) is 12.4. The van der Waals surface area contributed by atoms with Crippen LogP contribution in [0.3, 0.4) is 0 Å². The number of ether oxygens (including phenoxy) is 1. The van der Waals surface area contributed by atoms with Crippen molar-refractivity contribution in [3.8, 4) is 0 Å². The summed E-state index contributed by atoms with van der Waals surface area (Å²) in [6.07, 6.45) is 0.288. The molecule has 2 N–H and O–H groups in total. The highest BCUT2D eigenvalue weighted by molar-refractivity contribution is 5.60. The molecule has 94 valence electrons. The van der Waals surface area contributed by atoms with Gasteiger partial charge in [0.2, 0.25) is 0 Å². The number of morpholine rings is 1. The number of nitrogens with two attached hydrogens (primary N) is 1. The van der Waals surface area contributed by atoms with Crippen LogP contribution in [0, 0.1) is 6.92 Å². The molecular weight excluding hydrogens is 212 g/mol. The van der Waals surface area contributed by atoms with Crippen LogP contribution in [0.1, 0.15) is 25.0 Å². The van der Waals surface area contributed by atoms with E-state index in [4.69, 9.17) is 10.5 Å². The van der Waals surface area contributed by atoms with Gasteiger partial charge in [-0.05, 0) is 31.9 Å². The second-order valence-corrected chi connectivity index (χ2v) is 4.93. The van der Waals surface area contributed by atoms with Gasteiger partial charge >= 0.3 is 0 Å². The molecule has 2 atom stereocenters. The van der Waals surface area contributed by atoms with E-state index in [9.17, 15) is 0 Å². The van der Waals surface area contributed by atoms with Gasteiger partial charge in [0.15, 0.2) is 0 Å². The van der Waals surface area contributed by atoms with Crippen molar-refractivity contribution in [3.05, 3.63) is 29.3 Å². The van der Waals surface area contributed by atoms with E-state index >= 15 is 0 Å². The molecule has 0 spiro atoms. The molecule has 3 heteroatoms. The van der Waals surface area contributed by atoms with Crippen molar-refractivity contribution in [2.45, 2.75) is 39.5 Å². The summed E-state index contributed by atoms with van der Waals surface area (Å²) in [4.78, 5) is 2.44. The highest BCUT2D eigenvalue weighted by atomic mass is 16.5. The summed E-state index contributed by atoms with van der Waals surface area (Å²) < 4.78 is 5.68. The predicted octanol–water partition coefficient (Wildman–Crippen LogP) is 2.07. The van der Waals surface area contributed by atoms with Crippen molar-refractivity contribution in [1.82, 2.24) is 0 Å². The third-order valence-electron chi connectivity index (χ3n) is 3.44. The first-order chi connectivity index (χ1) is 8.13. The van der Waals surface area contributed by atoms with Gasteiger partial charge in [-0.2, -0.15) is 0 Å². The number of hydrogen-bond donors (Lipinski definition) is 1. The summed E-state index contributed by atoms with van der Waals surface area (Å²) >= 11 is 0. The molecule has 1 fully saturated rings. The summed E-state index contributed by atoms with van der Waals surface area (Å²) in [6, 6.07) is 6.77. The van der Waals surface area contributed by atoms with Gasteiger partial charge in [0, 0.05) is 24.8 Å². The fraction of sp³-hybridized carbons (Fsp3) is 0.571. The molecule has 0 aliphatic carbocycles. The van der Waals surface area contributed by atoms with E-state index in [2.05, 4.69) is 43.9 Å². The lowest BCUT2D eigenvalue weighted by atomic mass is 10.0. The van der Waals surface area contributed by atoms with Crippen molar-refractivity contribution < 1.29 is 4.74 Å². The van der Waals surface area contributed by atoms with Crippen molar-refractivity contribution in [1.29, 1.82) is 0 Å². The van der Waals surface area contributed by atoms with Crippen LogP contribution in [-0.4, -0.2) is 25.3 Å². The number of anilines is 1. The normalized spacial score (nSPS) is 25.1. The fourth-order valence-corrected chi connectivity index (χ4v) is 2.51. The maximum Gasteiger partial charge on any atom is 0.0723 e. The fourth-order valence-electron chi connectivity index (χ4n) is 2.51. The van der Waals surface area contributed by atoms with Gasteiger partial charge in [-0.25, -0.2) is 0 Å². The minimum Gasteiger partial charge on any atom is -0.375 e. The van der Waals surface area contributed by atoms with E-state index < -0.39 is 0 Å². The maximum atomic E-state index is 5.85. The van der Waals surface area contributed by atoms with E-state index in [0.29, 0.717) is 12.6 Å². The maximum absolute atomic E-state index is 5.85. The van der Waals surface area contributed by atoms with Gasteiger partial charge in [-0.15, -0.1) is 0 Å².